The summed E-state index contributed by atoms with van der Waals surface area (Å²) in [5.41, 5.74) is 4.88. The van der Waals surface area contributed by atoms with Gasteiger partial charge in [0.2, 0.25) is 0 Å². The van der Waals surface area contributed by atoms with Crippen LogP contribution in [0, 0.1) is 0 Å². The number of hydrogen-bond acceptors (Lipinski definition) is 9. The average Bonchev–Trinajstić information content (AvgIpc) is 3.52. The highest BCUT2D eigenvalue weighted by Gasteiger charge is 2.33. The van der Waals surface area contributed by atoms with Gasteiger partial charge < -0.3 is 11.6 Å². The van der Waals surface area contributed by atoms with E-state index in [9.17, 15) is 31.1 Å². The van der Waals surface area contributed by atoms with Crippen LogP contribution in [-0.2, 0) is 12.4 Å². The van der Waals surface area contributed by atoms with E-state index in [4.69, 9.17) is 23.2 Å². The van der Waals surface area contributed by atoms with Gasteiger partial charge in [-0.05, 0) is 60.1 Å². The summed E-state index contributed by atoms with van der Waals surface area (Å²) >= 11 is 5.01. The molecular weight excluding hydrogens is 618 g/mol. The zero-order valence-electron chi connectivity index (χ0n) is 21.9. The van der Waals surface area contributed by atoms with Crippen LogP contribution in [0.4, 0.5) is 26.3 Å². The highest BCUT2D eigenvalue weighted by Crippen LogP contribution is 2.29. The van der Waals surface area contributed by atoms with Crippen molar-refractivity contribution >= 4 is 22.7 Å². The molecule has 0 fully saturated rings. The van der Waals surface area contributed by atoms with Crippen LogP contribution in [0.3, 0.4) is 0 Å². The first-order chi connectivity index (χ1) is 20.8. The zero-order chi connectivity index (χ0) is 32.3. The van der Waals surface area contributed by atoms with Crippen molar-refractivity contribution in [1.29, 1.82) is 0 Å². The fourth-order valence-corrected chi connectivity index (χ4v) is 3.07. The van der Waals surface area contributed by atoms with Crippen LogP contribution in [0.2, 0.25) is 0 Å². The molecule has 0 aliphatic rings. The summed E-state index contributed by atoms with van der Waals surface area (Å²) in [6.07, 6.45) is -3.83. The quantitative estimate of drug-likeness (QED) is 0.0606. The van der Waals surface area contributed by atoms with Crippen molar-refractivity contribution in [1.82, 2.24) is 35.1 Å². The van der Waals surface area contributed by atoms with Gasteiger partial charge in [0.1, 0.15) is 22.8 Å². The predicted octanol–water partition coefficient (Wildman–Crippen LogP) is 5.09. The monoisotopic (exact) mass is 636 g/mol. The van der Waals surface area contributed by atoms with Crippen molar-refractivity contribution < 1.29 is 31.1 Å². The number of alkyl halides is 6. The molecule has 5 aromatic heterocycles. The molecule has 0 aliphatic heterocycles. The Bertz CT molecular complexity index is 1660. The number of aromatic amines is 1. The summed E-state index contributed by atoms with van der Waals surface area (Å²) in [7, 11) is 0. The third-order valence-electron chi connectivity index (χ3n) is 5.05. The summed E-state index contributed by atoms with van der Waals surface area (Å²) in [5, 5.41) is 9.11. The Balaban J connectivity index is 0.000000197. The number of carbonyl (C=O) groups excluding carboxylic acids is 1. The lowest BCUT2D eigenvalue weighted by Gasteiger charge is -2.04. The first-order valence-corrected chi connectivity index (χ1v) is 12.2. The lowest BCUT2D eigenvalue weighted by Crippen LogP contribution is -2.16. The second kappa shape index (κ2) is 14.6. The summed E-state index contributed by atoms with van der Waals surface area (Å²) < 4.78 is 73.1. The molecule has 44 heavy (non-hydrogen) atoms. The van der Waals surface area contributed by atoms with Crippen LogP contribution in [0.1, 0.15) is 27.4 Å². The smallest absolute Gasteiger partial charge is 0.380 e. The molecule has 228 valence electrons. The molecule has 0 radical (unpaired) electrons. The molecule has 18 heteroatoms. The second-order valence-corrected chi connectivity index (χ2v) is 8.43. The maximum atomic E-state index is 12.4. The number of pyridine rings is 4. The average molecular weight is 637 g/mol. The maximum absolute atomic E-state index is 12.4. The van der Waals surface area contributed by atoms with Crippen LogP contribution < -0.4 is 11.6 Å². The number of nitrogens with zero attached hydrogens (tertiary/aromatic N) is 7. The Morgan fingerprint density at radius 1 is 0.795 bits per heavy atom. The van der Waals surface area contributed by atoms with Gasteiger partial charge in [0.05, 0.1) is 5.56 Å². The Hall–Kier alpha value is -5.45. The molecule has 0 spiro atoms. The number of nitrogens with two attached hydrogens (primary N) is 2. The molecule has 5 N–H and O–H groups in total. The number of rotatable bonds is 4. The number of amidine groups is 1. The van der Waals surface area contributed by atoms with Crippen molar-refractivity contribution in [3.05, 3.63) is 108 Å². The summed E-state index contributed by atoms with van der Waals surface area (Å²) in [6.45, 7) is 0. The summed E-state index contributed by atoms with van der Waals surface area (Å²) in [4.78, 5) is 29.1. The maximum Gasteiger partial charge on any atom is 0.433 e. The minimum Gasteiger partial charge on any atom is -0.380 e. The number of halogens is 7. The van der Waals surface area contributed by atoms with Crippen LogP contribution >= 0.6 is 11.6 Å². The largest absolute Gasteiger partial charge is 0.433 e. The Morgan fingerprint density at radius 3 is 1.86 bits per heavy atom. The van der Waals surface area contributed by atoms with Gasteiger partial charge in [-0.15, -0.1) is 0 Å². The molecule has 0 saturated heterocycles. The van der Waals surface area contributed by atoms with Crippen LogP contribution in [0.25, 0.3) is 22.9 Å². The van der Waals surface area contributed by atoms with Gasteiger partial charge >= 0.3 is 12.4 Å². The molecular formula is C26H19ClF6N10O. The molecule has 5 heterocycles. The fourth-order valence-electron chi connectivity index (χ4n) is 2.96. The van der Waals surface area contributed by atoms with Crippen molar-refractivity contribution in [2.24, 2.45) is 16.7 Å². The van der Waals surface area contributed by atoms with E-state index in [1.807, 2.05) is 6.07 Å². The van der Waals surface area contributed by atoms with Crippen LogP contribution in [0.5, 0.6) is 0 Å². The Morgan fingerprint density at radius 2 is 1.41 bits per heavy atom. The molecule has 0 saturated carbocycles. The number of H-pyrrole nitrogens is 1. The number of nitrogens with one attached hydrogen (secondary N) is 1. The van der Waals surface area contributed by atoms with Gasteiger partial charge in [0.25, 0.3) is 5.24 Å². The van der Waals surface area contributed by atoms with Gasteiger partial charge in [-0.2, -0.15) is 36.5 Å². The van der Waals surface area contributed by atoms with Gasteiger partial charge in [0.15, 0.2) is 17.5 Å². The first kappa shape index (κ1) is 33.1. The molecule has 0 bridgehead atoms. The van der Waals surface area contributed by atoms with E-state index in [1.54, 1.807) is 42.7 Å². The normalized spacial score (nSPS) is 11.5. The number of hydrogen-bond donors (Lipinski definition) is 3. The molecule has 0 atom stereocenters. The van der Waals surface area contributed by atoms with Gasteiger partial charge in [-0.3, -0.25) is 29.8 Å². The van der Waals surface area contributed by atoms with E-state index >= 15 is 0 Å². The van der Waals surface area contributed by atoms with Crippen molar-refractivity contribution in [2.45, 2.75) is 12.4 Å². The molecule has 0 aliphatic carbocycles. The van der Waals surface area contributed by atoms with Gasteiger partial charge in [0, 0.05) is 30.4 Å². The molecule has 0 unspecified atom stereocenters. The Labute approximate surface area is 249 Å². The second-order valence-electron chi connectivity index (χ2n) is 8.09. The zero-order valence-corrected chi connectivity index (χ0v) is 22.7. The lowest BCUT2D eigenvalue weighted by molar-refractivity contribution is -0.141. The van der Waals surface area contributed by atoms with Crippen LogP contribution in [-0.4, -0.2) is 46.2 Å². The molecule has 0 aromatic carbocycles. The fraction of sp³-hybridized carbons (Fsp3) is 0.0769. The van der Waals surface area contributed by atoms with E-state index in [1.165, 1.54) is 6.07 Å². The van der Waals surface area contributed by atoms with Crippen molar-refractivity contribution in [3.8, 4) is 22.9 Å². The van der Waals surface area contributed by atoms with E-state index < -0.39 is 29.0 Å². The first-order valence-electron chi connectivity index (χ1n) is 11.8. The van der Waals surface area contributed by atoms with E-state index in [0.717, 1.165) is 24.5 Å². The van der Waals surface area contributed by atoms with Crippen molar-refractivity contribution in [2.75, 3.05) is 0 Å². The third-order valence-corrected chi connectivity index (χ3v) is 5.27. The third kappa shape index (κ3) is 9.55. The molecule has 0 amide bonds. The highest BCUT2D eigenvalue weighted by molar-refractivity contribution is 6.67. The van der Waals surface area contributed by atoms with Gasteiger partial charge in [-0.25, -0.2) is 4.98 Å². The molecule has 5 aromatic rings. The minimum absolute atomic E-state index is 0.0605. The lowest BCUT2D eigenvalue weighted by atomic mass is 10.2. The molecule has 11 nitrogen and oxygen atoms in total. The molecule has 5 rings (SSSR count). The summed E-state index contributed by atoms with van der Waals surface area (Å²) in [5.74, 6) is 5.87. The Kier molecular flexibility index (Phi) is 11.0. The minimum atomic E-state index is -4.49. The number of aromatic nitrogens is 7. The SMILES string of the molecule is FC(F)(F)c1ccc(-c2n[nH]c(-c3ccccn3)n2)cn1.NN=C(N)c1ccccn1.O=C(Cl)c1ccc(C(F)(F)F)nc1. The summed E-state index contributed by atoms with van der Waals surface area (Å²) in [6, 6.07) is 14.5. The van der Waals surface area contributed by atoms with Crippen LogP contribution in [0.15, 0.2) is 90.6 Å². The van der Waals surface area contributed by atoms with E-state index in [-0.39, 0.29) is 17.2 Å². The van der Waals surface area contributed by atoms with Gasteiger partial charge in [-0.1, -0.05) is 12.1 Å². The van der Waals surface area contributed by atoms with E-state index in [2.05, 4.69) is 40.2 Å². The van der Waals surface area contributed by atoms with E-state index in [0.29, 0.717) is 28.8 Å². The number of carbonyl (C=O) groups is 1. The van der Waals surface area contributed by atoms with Crippen molar-refractivity contribution in [3.63, 3.8) is 0 Å². The standard InChI is InChI=1S/C13H8F3N5.C7H3ClF3NO.C6H8N4/c14-13(15,16)10-5-4-8(7-18-10)11-19-12(21-20-11)9-3-1-2-6-17-9;8-6(13)4-1-2-5(12-3-4)7(9,10)11;7-6(10-8)5-3-1-2-4-9-5/h1-7H,(H,19,20,21);1-3H;1-4H,8H2,(H2,7,10). The number of hydrazone groups is 1. The highest BCUT2D eigenvalue weighted by atomic mass is 35.5. The predicted molar refractivity (Wildman–Crippen MR) is 146 cm³/mol. The topological polar surface area (TPSA) is 175 Å².